The van der Waals surface area contributed by atoms with Gasteiger partial charge in [0.15, 0.2) is 0 Å². The molecule has 0 amide bonds. The van der Waals surface area contributed by atoms with E-state index in [0.29, 0.717) is 6.04 Å². The number of hydrogen-bond donors (Lipinski definition) is 2. The Hall–Kier alpha value is -2.19. The standard InChI is InChI=1S/C16H19BrN2O.C2H2O4/c1-11(20)19-10-12(8-14-4-3-7-18(14)2)15-9-13(17)5-6-16(15)19;3-1(4)2(5)6/h5-6,9-10,14H,3-4,7-8H2,1-2H3;(H,3,4)(H,5,6)/t14-;/m1./s1. The van der Waals surface area contributed by atoms with Crippen LogP contribution < -0.4 is 0 Å². The number of likely N-dealkylation sites (tertiary alicyclic amines) is 1. The third-order valence-electron chi connectivity index (χ3n) is 4.50. The molecule has 0 bridgehead atoms. The van der Waals surface area contributed by atoms with Gasteiger partial charge in [-0.3, -0.25) is 9.36 Å². The van der Waals surface area contributed by atoms with Gasteiger partial charge in [-0.15, -0.1) is 0 Å². The van der Waals surface area contributed by atoms with Crippen LogP contribution in [0.4, 0.5) is 0 Å². The van der Waals surface area contributed by atoms with Crippen LogP contribution in [0.3, 0.4) is 0 Å². The number of carbonyl (C=O) groups excluding carboxylic acids is 1. The van der Waals surface area contributed by atoms with Crippen molar-refractivity contribution in [3.8, 4) is 0 Å². The Morgan fingerprint density at radius 3 is 2.38 bits per heavy atom. The Kier molecular flexibility index (Phi) is 6.55. The average Bonchev–Trinajstić information content (AvgIpc) is 3.12. The maximum Gasteiger partial charge on any atom is 0.414 e. The van der Waals surface area contributed by atoms with Gasteiger partial charge < -0.3 is 15.1 Å². The van der Waals surface area contributed by atoms with Crippen LogP contribution in [0.1, 0.15) is 30.1 Å². The minimum atomic E-state index is -1.82. The van der Waals surface area contributed by atoms with Crippen molar-refractivity contribution in [2.45, 2.75) is 32.2 Å². The number of carbonyl (C=O) groups is 3. The predicted octanol–water partition coefficient (Wildman–Crippen LogP) is 2.86. The number of benzene rings is 1. The zero-order valence-corrected chi connectivity index (χ0v) is 16.2. The zero-order valence-electron chi connectivity index (χ0n) is 14.6. The average molecular weight is 425 g/mol. The summed E-state index contributed by atoms with van der Waals surface area (Å²) in [6.45, 7) is 2.80. The highest BCUT2D eigenvalue weighted by molar-refractivity contribution is 9.10. The molecule has 7 nitrogen and oxygen atoms in total. The van der Waals surface area contributed by atoms with Crippen LogP contribution in [0.2, 0.25) is 0 Å². The van der Waals surface area contributed by atoms with Crippen LogP contribution in [0.15, 0.2) is 28.9 Å². The second-order valence-corrected chi connectivity index (χ2v) is 7.21. The number of fused-ring (bicyclic) bond motifs is 1. The van der Waals surface area contributed by atoms with Gasteiger partial charge in [0.05, 0.1) is 5.52 Å². The molecular weight excluding hydrogens is 404 g/mol. The maximum atomic E-state index is 11.8. The largest absolute Gasteiger partial charge is 0.473 e. The van der Waals surface area contributed by atoms with Gasteiger partial charge in [0.1, 0.15) is 0 Å². The molecule has 1 fully saturated rings. The van der Waals surface area contributed by atoms with Gasteiger partial charge in [0.25, 0.3) is 0 Å². The number of rotatable bonds is 2. The Labute approximate surface area is 159 Å². The minimum absolute atomic E-state index is 0.0725. The fourth-order valence-corrected chi connectivity index (χ4v) is 3.55. The normalized spacial score (nSPS) is 17.0. The van der Waals surface area contributed by atoms with Crippen LogP contribution in [-0.4, -0.2) is 57.2 Å². The predicted molar refractivity (Wildman–Crippen MR) is 101 cm³/mol. The summed E-state index contributed by atoms with van der Waals surface area (Å²) >= 11 is 3.53. The van der Waals surface area contributed by atoms with Crippen molar-refractivity contribution in [1.82, 2.24) is 9.47 Å². The summed E-state index contributed by atoms with van der Waals surface area (Å²) < 4.78 is 2.83. The molecular formula is C18H21BrN2O5. The minimum Gasteiger partial charge on any atom is -0.473 e. The van der Waals surface area contributed by atoms with Gasteiger partial charge in [0, 0.05) is 29.0 Å². The Bertz CT molecular complexity index is 833. The topological polar surface area (TPSA) is 99.8 Å². The van der Waals surface area contributed by atoms with E-state index >= 15 is 0 Å². The molecule has 3 rings (SSSR count). The van der Waals surface area contributed by atoms with E-state index in [1.165, 1.54) is 30.3 Å². The number of hydrogen-bond acceptors (Lipinski definition) is 4. The lowest BCUT2D eigenvalue weighted by Crippen LogP contribution is -2.26. The van der Waals surface area contributed by atoms with Gasteiger partial charge >= 0.3 is 11.9 Å². The molecule has 0 aliphatic carbocycles. The first-order valence-electron chi connectivity index (χ1n) is 8.17. The van der Waals surface area contributed by atoms with Gasteiger partial charge in [-0.05, 0) is 56.6 Å². The highest BCUT2D eigenvalue weighted by atomic mass is 79.9. The number of likely N-dealkylation sites (N-methyl/N-ethyl adjacent to an activating group) is 1. The zero-order chi connectivity index (χ0) is 19.4. The second-order valence-electron chi connectivity index (χ2n) is 6.30. The van der Waals surface area contributed by atoms with E-state index in [9.17, 15) is 4.79 Å². The van der Waals surface area contributed by atoms with Gasteiger partial charge in [-0.2, -0.15) is 0 Å². The Balaban J connectivity index is 0.000000352. The third-order valence-corrected chi connectivity index (χ3v) is 4.99. The van der Waals surface area contributed by atoms with Crippen molar-refractivity contribution in [3.05, 3.63) is 34.4 Å². The highest BCUT2D eigenvalue weighted by Crippen LogP contribution is 2.28. The summed E-state index contributed by atoms with van der Waals surface area (Å²) in [7, 11) is 2.19. The van der Waals surface area contributed by atoms with E-state index < -0.39 is 11.9 Å². The lowest BCUT2D eigenvalue weighted by Gasteiger charge is -2.18. The van der Waals surface area contributed by atoms with Crippen LogP contribution in [0.5, 0.6) is 0 Å². The lowest BCUT2D eigenvalue weighted by atomic mass is 10.0. The van der Waals surface area contributed by atoms with E-state index in [1.807, 2.05) is 18.3 Å². The van der Waals surface area contributed by atoms with Crippen molar-refractivity contribution < 1.29 is 24.6 Å². The molecule has 1 aliphatic rings. The van der Waals surface area contributed by atoms with Crippen LogP contribution >= 0.6 is 15.9 Å². The summed E-state index contributed by atoms with van der Waals surface area (Å²) in [5.41, 5.74) is 2.28. The Morgan fingerprint density at radius 2 is 1.88 bits per heavy atom. The molecule has 2 aromatic rings. The first-order chi connectivity index (χ1) is 12.2. The molecule has 0 radical (unpaired) electrons. The quantitative estimate of drug-likeness (QED) is 0.718. The fraction of sp³-hybridized carbons (Fsp3) is 0.389. The molecule has 0 saturated carbocycles. The van der Waals surface area contributed by atoms with E-state index in [2.05, 4.69) is 33.9 Å². The lowest BCUT2D eigenvalue weighted by molar-refractivity contribution is -0.159. The summed E-state index contributed by atoms with van der Waals surface area (Å²) in [4.78, 5) is 32.4. The summed E-state index contributed by atoms with van der Waals surface area (Å²) in [6.07, 6.45) is 5.56. The molecule has 1 aromatic carbocycles. The molecule has 8 heteroatoms. The SMILES string of the molecule is CC(=O)n1cc(C[C@H]2CCCN2C)c2cc(Br)ccc21.O=C(O)C(=O)O. The third kappa shape index (κ3) is 4.70. The summed E-state index contributed by atoms with van der Waals surface area (Å²) in [6, 6.07) is 6.73. The van der Waals surface area contributed by atoms with Crippen molar-refractivity contribution in [2.24, 2.45) is 0 Å². The molecule has 1 atom stereocenters. The Morgan fingerprint density at radius 1 is 1.23 bits per heavy atom. The number of halogens is 1. The maximum absolute atomic E-state index is 11.8. The number of aromatic nitrogens is 1. The molecule has 1 aliphatic heterocycles. The van der Waals surface area contributed by atoms with Gasteiger partial charge in [-0.25, -0.2) is 9.59 Å². The molecule has 2 N–H and O–H groups in total. The number of carboxylic acid groups (broad SMARTS) is 2. The number of nitrogens with zero attached hydrogens (tertiary/aromatic N) is 2. The molecule has 2 heterocycles. The number of carboxylic acids is 2. The molecule has 140 valence electrons. The van der Waals surface area contributed by atoms with Crippen molar-refractivity contribution in [1.29, 1.82) is 0 Å². The molecule has 1 saturated heterocycles. The van der Waals surface area contributed by atoms with E-state index in [1.54, 1.807) is 11.5 Å². The first-order valence-corrected chi connectivity index (χ1v) is 8.97. The van der Waals surface area contributed by atoms with E-state index in [-0.39, 0.29) is 5.91 Å². The van der Waals surface area contributed by atoms with Crippen molar-refractivity contribution in [2.75, 3.05) is 13.6 Å². The highest BCUT2D eigenvalue weighted by Gasteiger charge is 2.23. The van der Waals surface area contributed by atoms with Gasteiger partial charge in [0.2, 0.25) is 5.91 Å². The molecule has 0 spiro atoms. The molecule has 1 aromatic heterocycles. The van der Waals surface area contributed by atoms with Crippen LogP contribution in [0, 0.1) is 0 Å². The summed E-state index contributed by atoms with van der Waals surface area (Å²) in [5.74, 6) is -3.58. The van der Waals surface area contributed by atoms with Crippen LogP contribution in [-0.2, 0) is 16.0 Å². The van der Waals surface area contributed by atoms with Crippen LogP contribution in [0.25, 0.3) is 10.9 Å². The van der Waals surface area contributed by atoms with Gasteiger partial charge in [-0.1, -0.05) is 15.9 Å². The smallest absolute Gasteiger partial charge is 0.414 e. The molecule has 26 heavy (non-hydrogen) atoms. The summed E-state index contributed by atoms with van der Waals surface area (Å²) in [5, 5.41) is 16.0. The molecule has 0 unspecified atom stereocenters. The fourth-order valence-electron chi connectivity index (χ4n) is 3.18. The van der Waals surface area contributed by atoms with Crippen molar-refractivity contribution >= 4 is 44.7 Å². The van der Waals surface area contributed by atoms with E-state index in [4.69, 9.17) is 19.8 Å². The number of aliphatic carboxylic acids is 2. The monoisotopic (exact) mass is 424 g/mol. The van der Waals surface area contributed by atoms with E-state index in [0.717, 1.165) is 16.4 Å². The second kappa shape index (κ2) is 8.46. The van der Waals surface area contributed by atoms with Crippen molar-refractivity contribution in [3.63, 3.8) is 0 Å². The first kappa shape index (κ1) is 20.1.